The summed E-state index contributed by atoms with van der Waals surface area (Å²) in [6.45, 7) is 7.41. The van der Waals surface area contributed by atoms with Gasteiger partial charge in [-0.15, -0.1) is 0 Å². The molecule has 0 bridgehead atoms. The van der Waals surface area contributed by atoms with Crippen LogP contribution in [0.3, 0.4) is 0 Å². The fourth-order valence-electron chi connectivity index (χ4n) is 1.82. The van der Waals surface area contributed by atoms with Gasteiger partial charge in [-0.2, -0.15) is 0 Å². The smallest absolute Gasteiger partial charge is 0.275 e. The summed E-state index contributed by atoms with van der Waals surface area (Å²) in [5.74, 6) is 0. The Morgan fingerprint density at radius 1 is 1.47 bits per heavy atom. The Hall–Kier alpha value is -1.17. The number of nitrogens with zero attached hydrogens (tertiary/aromatic N) is 1. The number of hydrogen-bond acceptors (Lipinski definition) is 4. The maximum atomic E-state index is 10.9. The van der Waals surface area contributed by atoms with Gasteiger partial charge in [-0.25, -0.2) is 0 Å². The van der Waals surface area contributed by atoms with Crippen LogP contribution in [0.2, 0.25) is 5.02 Å². The SMILES string of the molecule is CCOC(C)(C)CNCc1c(Cl)cccc1[N+](=O)[O-]. The zero-order valence-corrected chi connectivity index (χ0v) is 12.2. The topological polar surface area (TPSA) is 64.4 Å². The molecule has 1 rings (SSSR count). The number of nitrogens with one attached hydrogen (secondary N) is 1. The minimum Gasteiger partial charge on any atom is -0.375 e. The van der Waals surface area contributed by atoms with E-state index in [9.17, 15) is 10.1 Å². The van der Waals surface area contributed by atoms with Crippen LogP contribution in [0.4, 0.5) is 5.69 Å². The third-order valence-corrected chi connectivity index (χ3v) is 3.03. The van der Waals surface area contributed by atoms with Crippen molar-refractivity contribution in [2.45, 2.75) is 32.9 Å². The molecule has 0 aliphatic heterocycles. The molecule has 106 valence electrons. The quantitative estimate of drug-likeness (QED) is 0.618. The summed E-state index contributed by atoms with van der Waals surface area (Å²) in [5, 5.41) is 14.5. The van der Waals surface area contributed by atoms with Gasteiger partial charge in [0.1, 0.15) is 0 Å². The number of halogens is 1. The molecule has 19 heavy (non-hydrogen) atoms. The van der Waals surface area contributed by atoms with Crippen molar-refractivity contribution in [2.24, 2.45) is 0 Å². The summed E-state index contributed by atoms with van der Waals surface area (Å²) in [5.41, 5.74) is 0.223. The second-order valence-corrected chi connectivity index (χ2v) is 5.20. The molecule has 0 aromatic heterocycles. The van der Waals surface area contributed by atoms with Crippen molar-refractivity contribution in [1.82, 2.24) is 5.32 Å². The van der Waals surface area contributed by atoms with Crippen LogP contribution in [0.15, 0.2) is 18.2 Å². The lowest BCUT2D eigenvalue weighted by Crippen LogP contribution is -2.37. The third kappa shape index (κ3) is 4.78. The highest BCUT2D eigenvalue weighted by atomic mass is 35.5. The first-order valence-electron chi connectivity index (χ1n) is 6.14. The highest BCUT2D eigenvalue weighted by molar-refractivity contribution is 6.31. The predicted molar refractivity (Wildman–Crippen MR) is 75.5 cm³/mol. The van der Waals surface area contributed by atoms with Gasteiger partial charge in [0.25, 0.3) is 5.69 Å². The van der Waals surface area contributed by atoms with Crippen LogP contribution in [-0.4, -0.2) is 23.7 Å². The Labute approximate surface area is 118 Å². The van der Waals surface area contributed by atoms with E-state index in [1.165, 1.54) is 6.07 Å². The molecule has 0 heterocycles. The van der Waals surface area contributed by atoms with E-state index in [0.29, 0.717) is 30.3 Å². The zero-order chi connectivity index (χ0) is 14.5. The molecule has 0 unspecified atom stereocenters. The highest BCUT2D eigenvalue weighted by Gasteiger charge is 2.19. The van der Waals surface area contributed by atoms with Crippen LogP contribution in [0.5, 0.6) is 0 Å². The Balaban J connectivity index is 2.70. The molecule has 0 spiro atoms. The lowest BCUT2D eigenvalue weighted by molar-refractivity contribution is -0.385. The molecule has 6 heteroatoms. The van der Waals surface area contributed by atoms with Gasteiger partial charge in [0.2, 0.25) is 0 Å². The first-order chi connectivity index (χ1) is 8.87. The predicted octanol–water partition coefficient (Wildman–Crippen LogP) is 3.15. The Morgan fingerprint density at radius 2 is 2.16 bits per heavy atom. The fraction of sp³-hybridized carbons (Fsp3) is 0.538. The van der Waals surface area contributed by atoms with Crippen molar-refractivity contribution in [3.63, 3.8) is 0 Å². The second kappa shape index (κ2) is 6.84. The standard InChI is InChI=1S/C13H19ClN2O3/c1-4-19-13(2,3)9-15-8-10-11(14)6-5-7-12(10)16(17)18/h5-7,15H,4,8-9H2,1-3H3. The number of benzene rings is 1. The number of hydrogen-bond donors (Lipinski definition) is 1. The van der Waals surface area contributed by atoms with Crippen LogP contribution in [0.1, 0.15) is 26.3 Å². The summed E-state index contributed by atoms with van der Waals surface area (Å²) >= 11 is 6.01. The van der Waals surface area contributed by atoms with Crippen molar-refractivity contribution in [2.75, 3.05) is 13.2 Å². The molecule has 0 atom stereocenters. The third-order valence-electron chi connectivity index (χ3n) is 2.68. The first-order valence-corrected chi connectivity index (χ1v) is 6.51. The number of nitro benzene ring substituents is 1. The molecule has 5 nitrogen and oxygen atoms in total. The van der Waals surface area contributed by atoms with E-state index < -0.39 is 4.92 Å². The molecule has 1 N–H and O–H groups in total. The van der Waals surface area contributed by atoms with Gasteiger partial charge in [0, 0.05) is 25.8 Å². The number of nitro groups is 1. The van der Waals surface area contributed by atoms with E-state index in [1.54, 1.807) is 12.1 Å². The van der Waals surface area contributed by atoms with E-state index in [-0.39, 0.29) is 11.3 Å². The fourth-order valence-corrected chi connectivity index (χ4v) is 2.06. The minimum absolute atomic E-state index is 0.0363. The van der Waals surface area contributed by atoms with E-state index in [0.717, 1.165) is 0 Å². The van der Waals surface area contributed by atoms with Crippen LogP contribution in [0, 0.1) is 10.1 Å². The summed E-state index contributed by atoms with van der Waals surface area (Å²) in [7, 11) is 0. The summed E-state index contributed by atoms with van der Waals surface area (Å²) in [6, 6.07) is 4.68. The monoisotopic (exact) mass is 286 g/mol. The van der Waals surface area contributed by atoms with E-state index >= 15 is 0 Å². The van der Waals surface area contributed by atoms with Gasteiger partial charge < -0.3 is 10.1 Å². The Kier molecular flexibility index (Phi) is 5.72. The molecule has 0 saturated carbocycles. The molecule has 0 fully saturated rings. The molecule has 1 aromatic carbocycles. The van der Waals surface area contributed by atoms with Gasteiger partial charge in [-0.05, 0) is 26.8 Å². The van der Waals surface area contributed by atoms with Crippen molar-refractivity contribution < 1.29 is 9.66 Å². The van der Waals surface area contributed by atoms with Crippen LogP contribution >= 0.6 is 11.6 Å². The molecule has 0 saturated heterocycles. The maximum Gasteiger partial charge on any atom is 0.275 e. The molecule has 1 aromatic rings. The summed E-state index contributed by atoms with van der Waals surface area (Å²) < 4.78 is 5.55. The number of rotatable bonds is 7. The molecule has 0 amide bonds. The highest BCUT2D eigenvalue weighted by Crippen LogP contribution is 2.26. The lowest BCUT2D eigenvalue weighted by atomic mass is 10.1. The van der Waals surface area contributed by atoms with E-state index in [1.807, 2.05) is 20.8 Å². The Bertz CT molecular complexity index is 450. The Morgan fingerprint density at radius 3 is 2.74 bits per heavy atom. The number of ether oxygens (including phenoxy) is 1. The maximum absolute atomic E-state index is 10.9. The van der Waals surface area contributed by atoms with Crippen LogP contribution in [-0.2, 0) is 11.3 Å². The van der Waals surface area contributed by atoms with Crippen molar-refractivity contribution in [3.8, 4) is 0 Å². The van der Waals surface area contributed by atoms with Crippen molar-refractivity contribution in [3.05, 3.63) is 38.9 Å². The summed E-state index contributed by atoms with van der Waals surface area (Å²) in [6.07, 6.45) is 0. The second-order valence-electron chi connectivity index (χ2n) is 4.79. The molecule has 0 aliphatic rings. The average Bonchev–Trinajstić information content (AvgIpc) is 2.30. The first kappa shape index (κ1) is 15.9. The largest absolute Gasteiger partial charge is 0.375 e. The minimum atomic E-state index is -0.420. The summed E-state index contributed by atoms with van der Waals surface area (Å²) in [4.78, 5) is 10.5. The van der Waals surface area contributed by atoms with Gasteiger partial charge in [-0.3, -0.25) is 10.1 Å². The molecule has 0 aliphatic carbocycles. The van der Waals surface area contributed by atoms with Crippen LogP contribution in [0.25, 0.3) is 0 Å². The van der Waals surface area contributed by atoms with Crippen LogP contribution < -0.4 is 5.32 Å². The molecular formula is C13H19ClN2O3. The molecule has 0 radical (unpaired) electrons. The lowest BCUT2D eigenvalue weighted by Gasteiger charge is -2.25. The average molecular weight is 287 g/mol. The van der Waals surface area contributed by atoms with Gasteiger partial charge in [0.15, 0.2) is 0 Å². The van der Waals surface area contributed by atoms with Crippen molar-refractivity contribution >= 4 is 17.3 Å². The van der Waals surface area contributed by atoms with Gasteiger partial charge in [-0.1, -0.05) is 17.7 Å². The van der Waals surface area contributed by atoms with E-state index in [2.05, 4.69) is 5.32 Å². The van der Waals surface area contributed by atoms with Gasteiger partial charge >= 0.3 is 0 Å². The van der Waals surface area contributed by atoms with Crippen molar-refractivity contribution in [1.29, 1.82) is 0 Å². The molecular weight excluding hydrogens is 268 g/mol. The van der Waals surface area contributed by atoms with E-state index in [4.69, 9.17) is 16.3 Å². The zero-order valence-electron chi connectivity index (χ0n) is 11.4. The van der Waals surface area contributed by atoms with Gasteiger partial charge in [0.05, 0.1) is 21.1 Å². The normalized spacial score (nSPS) is 11.6.